The molecule has 0 saturated carbocycles. The van der Waals surface area contributed by atoms with Crippen molar-refractivity contribution in [2.75, 3.05) is 13.1 Å². The maximum absolute atomic E-state index is 14.3. The highest BCUT2D eigenvalue weighted by atomic mass is 32.2. The molecule has 3 heterocycles. The average molecular weight is 709 g/mol. The molecule has 6 rings (SSSR count). The molecule has 3 aromatic heterocycles. The highest BCUT2D eigenvalue weighted by Crippen LogP contribution is 2.40. The Hall–Kier alpha value is -5.86. The molecule has 0 atom stereocenters. The number of aliphatic hydroxyl groups excluding tert-OH is 1. The van der Waals surface area contributed by atoms with E-state index in [4.69, 9.17) is 5.10 Å². The third-order valence-electron chi connectivity index (χ3n) is 8.29. The quantitative estimate of drug-likeness (QED) is 0.107. The molecule has 0 spiro atoms. The first-order valence-corrected chi connectivity index (χ1v) is 17.5. The molecule has 13 nitrogen and oxygen atoms in total. The Morgan fingerprint density at radius 3 is 2.31 bits per heavy atom. The van der Waals surface area contributed by atoms with E-state index in [9.17, 15) is 33.5 Å². The lowest BCUT2D eigenvalue weighted by atomic mass is 9.96. The van der Waals surface area contributed by atoms with Crippen LogP contribution in [0.15, 0.2) is 108 Å². The molecule has 0 radical (unpaired) electrons. The summed E-state index contributed by atoms with van der Waals surface area (Å²) in [5.74, 6) is 0. The Morgan fingerprint density at radius 2 is 1.67 bits per heavy atom. The van der Waals surface area contributed by atoms with Crippen LogP contribution in [0.3, 0.4) is 0 Å². The standard InChI is InChI=1S/C37H36N6O7S/c1-37(2,3)24-40(36(45)46)18-19-41-22-32(34(39-41)26-12-14-28(15-13-26)43(47)48)30-16-17-38-35-31(30)21-33(27-9-7-8-25(20-27)23-44)42(35)51(49,50)29-10-5-4-6-11-29/h4-17,20-22,44H,18-19,23-24H2,1-3H3,(H,45,46). The predicted octanol–water partition coefficient (Wildman–Crippen LogP) is 6.90. The van der Waals surface area contributed by atoms with Crippen LogP contribution in [0.4, 0.5) is 10.5 Å². The second kappa shape index (κ2) is 13.8. The molecule has 0 bridgehead atoms. The summed E-state index contributed by atoms with van der Waals surface area (Å²) in [6.45, 7) is 6.28. The fourth-order valence-electron chi connectivity index (χ4n) is 6.01. The molecule has 2 N–H and O–H groups in total. The second-order valence-corrected chi connectivity index (χ2v) is 15.1. The van der Waals surface area contributed by atoms with Crippen LogP contribution in [-0.2, 0) is 23.2 Å². The van der Waals surface area contributed by atoms with Gasteiger partial charge < -0.3 is 15.1 Å². The first kappa shape index (κ1) is 35.0. The zero-order valence-electron chi connectivity index (χ0n) is 28.2. The first-order valence-electron chi connectivity index (χ1n) is 16.1. The van der Waals surface area contributed by atoms with E-state index >= 15 is 0 Å². The van der Waals surface area contributed by atoms with E-state index in [-0.39, 0.29) is 41.3 Å². The molecule has 51 heavy (non-hydrogen) atoms. The van der Waals surface area contributed by atoms with Crippen LogP contribution in [-0.4, -0.2) is 66.4 Å². The van der Waals surface area contributed by atoms with E-state index < -0.39 is 21.0 Å². The fourth-order valence-corrected chi connectivity index (χ4v) is 7.51. The number of benzene rings is 3. The zero-order valence-corrected chi connectivity index (χ0v) is 29.0. The maximum Gasteiger partial charge on any atom is 0.407 e. The number of carbonyl (C=O) groups is 1. The van der Waals surface area contributed by atoms with Crippen molar-refractivity contribution in [1.29, 1.82) is 0 Å². The number of hydrogen-bond donors (Lipinski definition) is 2. The van der Waals surface area contributed by atoms with Gasteiger partial charge in [0.15, 0.2) is 5.65 Å². The lowest BCUT2D eigenvalue weighted by Gasteiger charge is -2.27. The van der Waals surface area contributed by atoms with Crippen molar-refractivity contribution in [1.82, 2.24) is 23.6 Å². The maximum atomic E-state index is 14.3. The number of aliphatic hydroxyl groups is 1. The minimum Gasteiger partial charge on any atom is -0.465 e. The van der Waals surface area contributed by atoms with Crippen molar-refractivity contribution in [3.63, 3.8) is 0 Å². The molecule has 6 aromatic rings. The summed E-state index contributed by atoms with van der Waals surface area (Å²) in [5.41, 5.74) is 3.45. The third kappa shape index (κ3) is 7.23. The summed E-state index contributed by atoms with van der Waals surface area (Å²) in [6, 6.07) is 24.4. The van der Waals surface area contributed by atoms with E-state index in [1.807, 2.05) is 20.8 Å². The van der Waals surface area contributed by atoms with Crippen molar-refractivity contribution in [3.05, 3.63) is 119 Å². The minimum absolute atomic E-state index is 0.0619. The van der Waals surface area contributed by atoms with Gasteiger partial charge in [0.05, 0.1) is 28.7 Å². The second-order valence-electron chi connectivity index (χ2n) is 13.3. The highest BCUT2D eigenvalue weighted by molar-refractivity contribution is 7.90. The molecule has 0 saturated heterocycles. The number of fused-ring (bicyclic) bond motifs is 1. The van der Waals surface area contributed by atoms with E-state index in [1.54, 1.807) is 77.6 Å². The van der Waals surface area contributed by atoms with E-state index in [1.165, 1.54) is 39.3 Å². The number of aromatic nitrogens is 4. The van der Waals surface area contributed by atoms with Crippen LogP contribution < -0.4 is 0 Å². The van der Waals surface area contributed by atoms with Crippen molar-refractivity contribution < 1.29 is 28.3 Å². The largest absolute Gasteiger partial charge is 0.465 e. The number of hydrogen-bond acceptors (Lipinski definition) is 8. The van der Waals surface area contributed by atoms with Gasteiger partial charge >= 0.3 is 6.09 Å². The molecule has 0 aliphatic heterocycles. The molecule has 0 fully saturated rings. The Kier molecular flexibility index (Phi) is 9.47. The number of pyridine rings is 1. The van der Waals surface area contributed by atoms with Crippen molar-refractivity contribution in [3.8, 4) is 33.6 Å². The molecule has 1 amide bonds. The van der Waals surface area contributed by atoms with Crippen molar-refractivity contribution in [2.24, 2.45) is 5.41 Å². The normalized spacial score (nSPS) is 11.9. The van der Waals surface area contributed by atoms with Crippen LogP contribution in [0.25, 0.3) is 44.7 Å². The third-order valence-corrected chi connectivity index (χ3v) is 10.0. The fraction of sp³-hybridized carbons (Fsp3) is 0.216. The summed E-state index contributed by atoms with van der Waals surface area (Å²) >= 11 is 0. The predicted molar refractivity (Wildman–Crippen MR) is 192 cm³/mol. The van der Waals surface area contributed by atoms with Crippen LogP contribution in [0.1, 0.15) is 26.3 Å². The highest BCUT2D eigenvalue weighted by Gasteiger charge is 2.28. The lowest BCUT2D eigenvalue weighted by Crippen LogP contribution is -2.38. The van der Waals surface area contributed by atoms with Gasteiger partial charge in [0.1, 0.15) is 5.69 Å². The Bertz CT molecular complexity index is 2340. The summed E-state index contributed by atoms with van der Waals surface area (Å²) < 4.78 is 31.5. The Morgan fingerprint density at radius 1 is 0.941 bits per heavy atom. The molecule has 0 unspecified atom stereocenters. The zero-order chi connectivity index (χ0) is 36.5. The van der Waals surface area contributed by atoms with Gasteiger partial charge in [-0.3, -0.25) is 14.8 Å². The summed E-state index contributed by atoms with van der Waals surface area (Å²) in [7, 11) is -4.19. The van der Waals surface area contributed by atoms with Gasteiger partial charge in [-0.05, 0) is 64.6 Å². The molecular formula is C37H36N6O7S. The molecule has 3 aromatic carbocycles. The number of non-ortho nitro benzene ring substituents is 1. The molecule has 14 heteroatoms. The number of nitrogens with zero attached hydrogens (tertiary/aromatic N) is 6. The molecule has 0 aliphatic rings. The number of nitro benzene ring substituents is 1. The monoisotopic (exact) mass is 708 g/mol. The molecular weight excluding hydrogens is 673 g/mol. The molecule has 0 aliphatic carbocycles. The van der Waals surface area contributed by atoms with Crippen molar-refractivity contribution in [2.45, 2.75) is 38.8 Å². The van der Waals surface area contributed by atoms with Crippen LogP contribution in [0, 0.1) is 15.5 Å². The number of carboxylic acid groups (broad SMARTS) is 1. The average Bonchev–Trinajstić information content (AvgIpc) is 3.73. The Labute approximate surface area is 294 Å². The Balaban J connectivity index is 1.57. The van der Waals surface area contributed by atoms with Gasteiger partial charge in [-0.15, -0.1) is 0 Å². The van der Waals surface area contributed by atoms with Crippen LogP contribution in [0.5, 0.6) is 0 Å². The first-order chi connectivity index (χ1) is 24.3. The lowest BCUT2D eigenvalue weighted by molar-refractivity contribution is -0.384. The number of nitro groups is 1. The van der Waals surface area contributed by atoms with Gasteiger partial charge in [-0.2, -0.15) is 5.10 Å². The SMILES string of the molecule is CC(C)(C)CN(CCn1cc(-c2ccnc3c2cc(-c2cccc(CO)c2)n3S(=O)(=O)c2ccccc2)c(-c2ccc([N+](=O)[O-])cc2)n1)C(=O)O. The van der Waals surface area contributed by atoms with Gasteiger partial charge in [0.25, 0.3) is 15.7 Å². The van der Waals surface area contributed by atoms with Gasteiger partial charge in [0.2, 0.25) is 0 Å². The van der Waals surface area contributed by atoms with E-state index in [0.717, 1.165) is 0 Å². The number of amides is 1. The summed E-state index contributed by atoms with van der Waals surface area (Å²) in [4.78, 5) is 29.0. The van der Waals surface area contributed by atoms with E-state index in [0.29, 0.717) is 51.1 Å². The van der Waals surface area contributed by atoms with Gasteiger partial charge in [-0.25, -0.2) is 22.2 Å². The molecule has 262 valence electrons. The van der Waals surface area contributed by atoms with Crippen LogP contribution >= 0.6 is 0 Å². The summed E-state index contributed by atoms with van der Waals surface area (Å²) in [5, 5.41) is 36.5. The van der Waals surface area contributed by atoms with E-state index in [2.05, 4.69) is 4.98 Å². The van der Waals surface area contributed by atoms with Crippen LogP contribution in [0.2, 0.25) is 0 Å². The summed E-state index contributed by atoms with van der Waals surface area (Å²) in [6.07, 6.45) is 2.22. The topological polar surface area (TPSA) is 174 Å². The van der Waals surface area contributed by atoms with Gasteiger partial charge in [0, 0.05) is 54.1 Å². The minimum atomic E-state index is -4.19. The van der Waals surface area contributed by atoms with Crippen molar-refractivity contribution >= 4 is 32.8 Å². The van der Waals surface area contributed by atoms with Gasteiger partial charge in [-0.1, -0.05) is 57.2 Å². The smallest absolute Gasteiger partial charge is 0.407 e. The number of rotatable bonds is 11.